The second kappa shape index (κ2) is 7.17. The molecule has 2 aromatic carbocycles. The van der Waals surface area contributed by atoms with Crippen molar-refractivity contribution in [2.45, 2.75) is 19.4 Å². The average Bonchev–Trinajstić information content (AvgIpc) is 3.24. The zero-order valence-electron chi connectivity index (χ0n) is 15.6. The highest BCUT2D eigenvalue weighted by Gasteiger charge is 2.32. The zero-order valence-corrected chi connectivity index (χ0v) is 18.9. The molecule has 1 aromatic heterocycles. The van der Waals surface area contributed by atoms with E-state index in [-0.39, 0.29) is 6.04 Å². The average molecular weight is 479 g/mol. The number of nitrogens with zero attached hydrogens (tertiary/aromatic N) is 2. The van der Waals surface area contributed by atoms with E-state index >= 15 is 0 Å². The van der Waals surface area contributed by atoms with E-state index in [1.165, 1.54) is 10.6 Å². The molecular weight excluding hydrogens is 460 g/mol. The van der Waals surface area contributed by atoms with Gasteiger partial charge in [-0.15, -0.1) is 11.3 Å². The molecule has 2 heterocycles. The van der Waals surface area contributed by atoms with Crippen molar-refractivity contribution in [3.05, 3.63) is 51.8 Å². The van der Waals surface area contributed by atoms with Crippen LogP contribution in [0.5, 0.6) is 5.75 Å². The van der Waals surface area contributed by atoms with Crippen molar-refractivity contribution in [2.24, 2.45) is 0 Å². The van der Waals surface area contributed by atoms with Crippen molar-refractivity contribution in [1.82, 2.24) is 4.98 Å². The summed E-state index contributed by atoms with van der Waals surface area (Å²) in [6, 6.07) is 11.6. The summed E-state index contributed by atoms with van der Waals surface area (Å²) in [5.41, 5.74) is 4.59. The molecule has 0 fully saturated rings. The van der Waals surface area contributed by atoms with E-state index in [0.717, 1.165) is 43.3 Å². The van der Waals surface area contributed by atoms with Gasteiger partial charge in [-0.2, -0.15) is 0 Å². The number of aromatic nitrogens is 1. The minimum Gasteiger partial charge on any atom is -0.496 e. The topological polar surface area (TPSA) is 59.5 Å². The van der Waals surface area contributed by atoms with Gasteiger partial charge in [-0.25, -0.2) is 13.4 Å². The second-order valence-electron chi connectivity index (χ2n) is 6.84. The number of methoxy groups -OCH3 is 1. The van der Waals surface area contributed by atoms with Gasteiger partial charge in [0.2, 0.25) is 10.0 Å². The summed E-state index contributed by atoms with van der Waals surface area (Å²) in [5.74, 6) is 0.774. The SMILES string of the molecule is COc1ccc(Br)cc1-c1nc(-c2ccc3c(c2)CC(C)N3S(C)(=O)=O)cs1. The Hall–Kier alpha value is -1.90. The highest BCUT2D eigenvalue weighted by molar-refractivity contribution is 9.10. The van der Waals surface area contributed by atoms with E-state index in [2.05, 4.69) is 15.9 Å². The Kier molecular flexibility index (Phi) is 4.97. The Morgan fingerprint density at radius 3 is 2.75 bits per heavy atom. The van der Waals surface area contributed by atoms with Gasteiger partial charge < -0.3 is 4.74 Å². The van der Waals surface area contributed by atoms with Crippen LogP contribution in [0.4, 0.5) is 5.69 Å². The van der Waals surface area contributed by atoms with Crippen molar-refractivity contribution < 1.29 is 13.2 Å². The number of anilines is 1. The van der Waals surface area contributed by atoms with E-state index in [9.17, 15) is 8.42 Å². The normalized spacial score (nSPS) is 16.3. The molecule has 1 aliphatic heterocycles. The highest BCUT2D eigenvalue weighted by atomic mass is 79.9. The maximum atomic E-state index is 12.1. The van der Waals surface area contributed by atoms with Gasteiger partial charge in [-0.1, -0.05) is 22.0 Å². The Morgan fingerprint density at radius 2 is 2.04 bits per heavy atom. The predicted octanol–water partition coefficient (Wildman–Crippen LogP) is 4.96. The summed E-state index contributed by atoms with van der Waals surface area (Å²) in [6.07, 6.45) is 1.96. The van der Waals surface area contributed by atoms with Crippen LogP contribution in [0.25, 0.3) is 21.8 Å². The molecule has 0 N–H and O–H groups in total. The lowest BCUT2D eigenvalue weighted by Gasteiger charge is -2.21. The molecule has 28 heavy (non-hydrogen) atoms. The first kappa shape index (κ1) is 19.4. The van der Waals surface area contributed by atoms with Gasteiger partial charge >= 0.3 is 0 Å². The summed E-state index contributed by atoms with van der Waals surface area (Å²) in [7, 11) is -1.64. The minimum absolute atomic E-state index is 0.0721. The molecule has 1 aliphatic rings. The molecule has 0 saturated heterocycles. The number of rotatable bonds is 4. The molecule has 1 unspecified atom stereocenters. The molecule has 0 amide bonds. The van der Waals surface area contributed by atoms with Crippen LogP contribution in [-0.2, 0) is 16.4 Å². The van der Waals surface area contributed by atoms with Crippen LogP contribution in [0.1, 0.15) is 12.5 Å². The van der Waals surface area contributed by atoms with E-state index < -0.39 is 10.0 Å². The number of hydrogen-bond acceptors (Lipinski definition) is 5. The Bertz CT molecular complexity index is 1160. The van der Waals surface area contributed by atoms with Crippen molar-refractivity contribution in [1.29, 1.82) is 0 Å². The van der Waals surface area contributed by atoms with E-state index in [1.807, 2.05) is 48.7 Å². The molecule has 3 aromatic rings. The first-order valence-corrected chi connectivity index (χ1v) is 12.2. The summed E-state index contributed by atoms with van der Waals surface area (Å²) in [4.78, 5) is 4.80. The zero-order chi connectivity index (χ0) is 20.1. The van der Waals surface area contributed by atoms with Crippen LogP contribution in [-0.4, -0.2) is 32.8 Å². The molecule has 146 valence electrons. The lowest BCUT2D eigenvalue weighted by molar-refractivity contribution is 0.416. The lowest BCUT2D eigenvalue weighted by Crippen LogP contribution is -2.34. The molecule has 0 saturated carbocycles. The van der Waals surface area contributed by atoms with Gasteiger partial charge in [0.25, 0.3) is 0 Å². The van der Waals surface area contributed by atoms with E-state index in [1.54, 1.807) is 18.4 Å². The van der Waals surface area contributed by atoms with Crippen molar-refractivity contribution >= 4 is 43.0 Å². The quantitative estimate of drug-likeness (QED) is 0.531. The number of halogens is 1. The number of hydrogen-bond donors (Lipinski definition) is 0. The fraction of sp³-hybridized carbons (Fsp3) is 0.250. The van der Waals surface area contributed by atoms with Gasteiger partial charge in [0.15, 0.2) is 0 Å². The third kappa shape index (κ3) is 3.44. The summed E-state index contributed by atoms with van der Waals surface area (Å²) >= 11 is 5.06. The first-order chi connectivity index (χ1) is 13.3. The first-order valence-electron chi connectivity index (χ1n) is 8.70. The Labute approximate surface area is 177 Å². The molecule has 1 atom stereocenters. The van der Waals surface area contributed by atoms with Gasteiger partial charge in [-0.05, 0) is 49.2 Å². The highest BCUT2D eigenvalue weighted by Crippen LogP contribution is 2.39. The van der Waals surface area contributed by atoms with Crippen LogP contribution < -0.4 is 9.04 Å². The Balaban J connectivity index is 1.72. The standard InChI is InChI=1S/C20H19BrN2O3S2/c1-12-8-14-9-13(4-6-18(14)23(12)28(3,24)25)17-11-27-20(22-17)16-10-15(21)5-7-19(16)26-2/h4-7,9-12H,8H2,1-3H3. The molecule has 5 nitrogen and oxygen atoms in total. The van der Waals surface area contributed by atoms with Crippen LogP contribution >= 0.6 is 27.3 Å². The third-order valence-corrected chi connectivity index (χ3v) is 7.42. The number of thiazole rings is 1. The fourth-order valence-electron chi connectivity index (χ4n) is 3.64. The van der Waals surface area contributed by atoms with Crippen LogP contribution in [0, 0.1) is 0 Å². The smallest absolute Gasteiger partial charge is 0.232 e. The molecule has 0 radical (unpaired) electrons. The Morgan fingerprint density at radius 1 is 1.25 bits per heavy atom. The number of sulfonamides is 1. The third-order valence-electron chi connectivity index (χ3n) is 4.78. The minimum atomic E-state index is -3.28. The van der Waals surface area contributed by atoms with E-state index in [4.69, 9.17) is 9.72 Å². The van der Waals surface area contributed by atoms with Crippen molar-refractivity contribution in [2.75, 3.05) is 17.7 Å². The fourth-order valence-corrected chi connectivity index (χ4v) is 6.12. The monoisotopic (exact) mass is 478 g/mol. The van der Waals surface area contributed by atoms with Gasteiger partial charge in [0.05, 0.1) is 30.3 Å². The largest absolute Gasteiger partial charge is 0.496 e. The maximum Gasteiger partial charge on any atom is 0.232 e. The molecule has 0 aliphatic carbocycles. The number of fused-ring (bicyclic) bond motifs is 1. The molecule has 8 heteroatoms. The number of ether oxygens (including phenoxy) is 1. The molecule has 0 spiro atoms. The second-order valence-corrected chi connectivity index (χ2v) is 10.5. The lowest BCUT2D eigenvalue weighted by atomic mass is 10.1. The molecule has 4 rings (SSSR count). The molecular formula is C20H19BrN2O3S2. The predicted molar refractivity (Wildman–Crippen MR) is 118 cm³/mol. The van der Waals surface area contributed by atoms with Gasteiger partial charge in [0.1, 0.15) is 10.8 Å². The van der Waals surface area contributed by atoms with E-state index in [0.29, 0.717) is 6.42 Å². The van der Waals surface area contributed by atoms with Crippen LogP contribution in [0.2, 0.25) is 0 Å². The van der Waals surface area contributed by atoms with Gasteiger partial charge in [-0.3, -0.25) is 4.31 Å². The van der Waals surface area contributed by atoms with Crippen LogP contribution in [0.15, 0.2) is 46.3 Å². The summed E-state index contributed by atoms with van der Waals surface area (Å²) in [5, 5.41) is 2.89. The van der Waals surface area contributed by atoms with Gasteiger partial charge in [0, 0.05) is 21.5 Å². The summed E-state index contributed by atoms with van der Waals surface area (Å²) in [6.45, 7) is 1.93. The van der Waals surface area contributed by atoms with Crippen molar-refractivity contribution in [3.8, 4) is 27.6 Å². The van der Waals surface area contributed by atoms with Crippen molar-refractivity contribution in [3.63, 3.8) is 0 Å². The summed E-state index contributed by atoms with van der Waals surface area (Å²) < 4.78 is 32.2. The molecule has 0 bridgehead atoms. The van der Waals surface area contributed by atoms with Crippen LogP contribution in [0.3, 0.4) is 0 Å². The maximum absolute atomic E-state index is 12.1. The number of benzene rings is 2.